The van der Waals surface area contributed by atoms with Crippen LogP contribution >= 0.6 is 0 Å². The molecule has 2 rings (SSSR count). The molecule has 0 bridgehead atoms. The first-order valence-electron chi connectivity index (χ1n) is 8.77. The van der Waals surface area contributed by atoms with E-state index in [1.54, 1.807) is 28.0 Å². The average molecular weight is 361 g/mol. The number of ketones is 1. The van der Waals surface area contributed by atoms with E-state index in [9.17, 15) is 14.4 Å². The Bertz CT molecular complexity index is 674. The van der Waals surface area contributed by atoms with Gasteiger partial charge in [-0.15, -0.1) is 0 Å². The van der Waals surface area contributed by atoms with Gasteiger partial charge in [-0.05, 0) is 39.8 Å². The van der Waals surface area contributed by atoms with Gasteiger partial charge in [0.25, 0.3) is 0 Å². The monoisotopic (exact) mass is 361 g/mol. The van der Waals surface area contributed by atoms with Gasteiger partial charge in [0.05, 0.1) is 6.54 Å². The zero-order valence-corrected chi connectivity index (χ0v) is 15.9. The van der Waals surface area contributed by atoms with Crippen LogP contribution < -0.4 is 5.32 Å². The zero-order chi connectivity index (χ0) is 19.3. The molecule has 142 valence electrons. The highest BCUT2D eigenvalue weighted by molar-refractivity contribution is 6.00. The quantitative estimate of drug-likeness (QED) is 0.833. The lowest BCUT2D eigenvalue weighted by Gasteiger charge is -2.35. The molecule has 0 radical (unpaired) electrons. The number of rotatable bonds is 4. The van der Waals surface area contributed by atoms with E-state index in [1.165, 1.54) is 6.92 Å². The Balaban J connectivity index is 1.84. The fraction of sp³-hybridized carbons (Fsp3) is 0.526. The number of piperazine rings is 1. The van der Waals surface area contributed by atoms with Crippen LogP contribution in [0.5, 0.6) is 0 Å². The molecule has 1 saturated heterocycles. The number of amides is 2. The molecule has 1 aliphatic rings. The number of benzene rings is 1. The SMILES string of the molecule is CC(=O)c1ccccc1NCC(=O)N1CCN(C(=O)OC(C)(C)C)CC1. The maximum Gasteiger partial charge on any atom is 0.410 e. The van der Waals surface area contributed by atoms with Gasteiger partial charge < -0.3 is 19.9 Å². The maximum atomic E-state index is 12.4. The second-order valence-corrected chi connectivity index (χ2v) is 7.30. The first-order valence-corrected chi connectivity index (χ1v) is 8.77. The van der Waals surface area contributed by atoms with Crippen molar-refractivity contribution in [3.63, 3.8) is 0 Å². The second kappa shape index (κ2) is 8.21. The summed E-state index contributed by atoms with van der Waals surface area (Å²) in [7, 11) is 0. The largest absolute Gasteiger partial charge is 0.444 e. The van der Waals surface area contributed by atoms with E-state index < -0.39 is 5.60 Å². The van der Waals surface area contributed by atoms with Crippen molar-refractivity contribution in [1.29, 1.82) is 0 Å². The number of Topliss-reactive ketones (excluding diaryl/α,β-unsaturated/α-hetero) is 1. The Morgan fingerprint density at radius 1 is 1.04 bits per heavy atom. The molecule has 1 fully saturated rings. The third kappa shape index (κ3) is 5.47. The standard InChI is InChI=1S/C19H27N3O4/c1-14(23)15-7-5-6-8-16(15)20-13-17(24)21-9-11-22(12-10-21)18(25)26-19(2,3)4/h5-8,20H,9-13H2,1-4H3. The summed E-state index contributed by atoms with van der Waals surface area (Å²) in [5.41, 5.74) is 0.689. The van der Waals surface area contributed by atoms with Gasteiger partial charge >= 0.3 is 6.09 Å². The van der Waals surface area contributed by atoms with Crippen molar-refractivity contribution in [2.24, 2.45) is 0 Å². The van der Waals surface area contributed by atoms with Crippen LogP contribution in [-0.2, 0) is 9.53 Å². The van der Waals surface area contributed by atoms with Crippen LogP contribution in [0.2, 0.25) is 0 Å². The molecule has 26 heavy (non-hydrogen) atoms. The normalized spacial score (nSPS) is 14.8. The minimum absolute atomic E-state index is 0.0495. The molecule has 0 atom stereocenters. The van der Waals surface area contributed by atoms with E-state index in [0.29, 0.717) is 37.4 Å². The highest BCUT2D eigenvalue weighted by Crippen LogP contribution is 2.16. The van der Waals surface area contributed by atoms with Crippen LogP contribution in [-0.4, -0.2) is 65.9 Å². The van der Waals surface area contributed by atoms with Crippen LogP contribution in [0.4, 0.5) is 10.5 Å². The predicted molar refractivity (Wildman–Crippen MR) is 99.3 cm³/mol. The van der Waals surface area contributed by atoms with Crippen LogP contribution in [0, 0.1) is 0 Å². The molecule has 1 aliphatic heterocycles. The van der Waals surface area contributed by atoms with Crippen molar-refractivity contribution < 1.29 is 19.1 Å². The Morgan fingerprint density at radius 3 is 2.19 bits per heavy atom. The van der Waals surface area contributed by atoms with E-state index in [-0.39, 0.29) is 24.3 Å². The summed E-state index contributed by atoms with van der Waals surface area (Å²) in [5.74, 6) is -0.112. The summed E-state index contributed by atoms with van der Waals surface area (Å²) >= 11 is 0. The Labute approximate surface area is 154 Å². The van der Waals surface area contributed by atoms with Crippen LogP contribution in [0.3, 0.4) is 0 Å². The number of anilines is 1. The summed E-state index contributed by atoms with van der Waals surface area (Å²) < 4.78 is 5.35. The van der Waals surface area contributed by atoms with Gasteiger partial charge in [-0.3, -0.25) is 9.59 Å². The van der Waals surface area contributed by atoms with Gasteiger partial charge in [0, 0.05) is 37.4 Å². The molecule has 0 unspecified atom stereocenters. The van der Waals surface area contributed by atoms with Crippen LogP contribution in [0.1, 0.15) is 38.1 Å². The number of ether oxygens (including phenoxy) is 1. The topological polar surface area (TPSA) is 79.0 Å². The molecule has 1 aromatic carbocycles. The van der Waals surface area contributed by atoms with E-state index in [2.05, 4.69) is 5.32 Å². The molecule has 0 spiro atoms. The third-order valence-corrected chi connectivity index (χ3v) is 4.02. The van der Waals surface area contributed by atoms with Crippen LogP contribution in [0.25, 0.3) is 0 Å². The number of hydrogen-bond donors (Lipinski definition) is 1. The molecular weight excluding hydrogens is 334 g/mol. The van der Waals surface area contributed by atoms with Gasteiger partial charge in [0.1, 0.15) is 5.60 Å². The molecule has 1 heterocycles. The fourth-order valence-corrected chi connectivity index (χ4v) is 2.69. The average Bonchev–Trinajstić information content (AvgIpc) is 2.58. The van der Waals surface area contributed by atoms with Crippen LogP contribution in [0.15, 0.2) is 24.3 Å². The van der Waals surface area contributed by atoms with Crippen molar-refractivity contribution in [3.05, 3.63) is 29.8 Å². The van der Waals surface area contributed by atoms with Crippen molar-refractivity contribution in [2.45, 2.75) is 33.3 Å². The molecule has 1 N–H and O–H groups in total. The molecule has 0 aromatic heterocycles. The summed E-state index contributed by atoms with van der Waals surface area (Å²) in [5, 5.41) is 3.04. The number of hydrogen-bond acceptors (Lipinski definition) is 5. The molecular formula is C19H27N3O4. The number of carbonyl (C=O) groups is 3. The zero-order valence-electron chi connectivity index (χ0n) is 15.9. The lowest BCUT2D eigenvalue weighted by atomic mass is 10.1. The Morgan fingerprint density at radius 2 is 1.62 bits per heavy atom. The van der Waals surface area contributed by atoms with Crippen molar-refractivity contribution in [2.75, 3.05) is 38.0 Å². The minimum Gasteiger partial charge on any atom is -0.444 e. The summed E-state index contributed by atoms with van der Waals surface area (Å²) in [6, 6.07) is 7.12. The number of nitrogens with zero attached hydrogens (tertiary/aromatic N) is 2. The molecule has 0 saturated carbocycles. The van der Waals surface area contributed by atoms with E-state index >= 15 is 0 Å². The van der Waals surface area contributed by atoms with E-state index in [1.807, 2.05) is 26.8 Å². The first-order chi connectivity index (χ1) is 12.2. The molecule has 7 nitrogen and oxygen atoms in total. The summed E-state index contributed by atoms with van der Waals surface area (Å²) in [6.45, 7) is 8.92. The predicted octanol–water partition coefficient (Wildman–Crippen LogP) is 2.38. The van der Waals surface area contributed by atoms with E-state index in [0.717, 1.165) is 0 Å². The second-order valence-electron chi connectivity index (χ2n) is 7.30. The van der Waals surface area contributed by atoms with Gasteiger partial charge in [-0.25, -0.2) is 4.79 Å². The van der Waals surface area contributed by atoms with Gasteiger partial charge in [-0.1, -0.05) is 12.1 Å². The van der Waals surface area contributed by atoms with Gasteiger partial charge in [-0.2, -0.15) is 0 Å². The fourth-order valence-electron chi connectivity index (χ4n) is 2.69. The Hall–Kier alpha value is -2.57. The number of para-hydroxylation sites is 1. The lowest BCUT2D eigenvalue weighted by molar-refractivity contribution is -0.131. The van der Waals surface area contributed by atoms with Crippen molar-refractivity contribution in [3.8, 4) is 0 Å². The van der Waals surface area contributed by atoms with Crippen molar-refractivity contribution in [1.82, 2.24) is 9.80 Å². The third-order valence-electron chi connectivity index (χ3n) is 4.02. The smallest absolute Gasteiger partial charge is 0.410 e. The number of carbonyl (C=O) groups excluding carboxylic acids is 3. The molecule has 7 heteroatoms. The summed E-state index contributed by atoms with van der Waals surface area (Å²) in [6.07, 6.45) is -0.349. The van der Waals surface area contributed by atoms with Gasteiger partial charge in [0.2, 0.25) is 5.91 Å². The van der Waals surface area contributed by atoms with Gasteiger partial charge in [0.15, 0.2) is 5.78 Å². The summed E-state index contributed by atoms with van der Waals surface area (Å²) in [4.78, 5) is 39.4. The molecule has 2 amide bonds. The maximum absolute atomic E-state index is 12.4. The van der Waals surface area contributed by atoms with E-state index in [4.69, 9.17) is 4.74 Å². The van der Waals surface area contributed by atoms with Crippen molar-refractivity contribution >= 4 is 23.5 Å². The Kier molecular flexibility index (Phi) is 6.23. The first kappa shape index (κ1) is 19.8. The highest BCUT2D eigenvalue weighted by atomic mass is 16.6. The minimum atomic E-state index is -0.530. The lowest BCUT2D eigenvalue weighted by Crippen LogP contribution is -2.52. The number of nitrogens with one attached hydrogen (secondary N) is 1. The molecule has 1 aromatic rings. The molecule has 0 aliphatic carbocycles. The highest BCUT2D eigenvalue weighted by Gasteiger charge is 2.27.